The number of ether oxygens (including phenoxy) is 1. The van der Waals surface area contributed by atoms with Crippen LogP contribution in [0, 0.1) is 0 Å². The van der Waals surface area contributed by atoms with Gasteiger partial charge in [0.05, 0.1) is 0 Å². The molecule has 2 nitrogen and oxygen atoms in total. The fourth-order valence-corrected chi connectivity index (χ4v) is 2.23. The second-order valence-electron chi connectivity index (χ2n) is 6.59. The van der Waals surface area contributed by atoms with E-state index in [1.165, 1.54) is 11.1 Å². The Kier molecular flexibility index (Phi) is 5.37. The molecule has 0 radical (unpaired) electrons. The van der Waals surface area contributed by atoms with Crippen LogP contribution in [0.25, 0.3) is 0 Å². The summed E-state index contributed by atoms with van der Waals surface area (Å²) in [5.41, 5.74) is 3.66. The highest BCUT2D eigenvalue weighted by Gasteiger charge is 2.13. The van der Waals surface area contributed by atoms with E-state index in [9.17, 15) is 4.79 Å². The molecule has 22 heavy (non-hydrogen) atoms. The molecule has 0 saturated heterocycles. The monoisotopic (exact) mass is 296 g/mol. The van der Waals surface area contributed by atoms with Crippen LogP contribution >= 0.6 is 0 Å². The van der Waals surface area contributed by atoms with Crippen molar-refractivity contribution in [3.8, 4) is 0 Å². The van der Waals surface area contributed by atoms with E-state index in [2.05, 4.69) is 45.0 Å². The summed E-state index contributed by atoms with van der Waals surface area (Å²) in [6, 6.07) is 18.2. The Morgan fingerprint density at radius 3 is 2.14 bits per heavy atom. The molecule has 0 fully saturated rings. The second kappa shape index (κ2) is 7.26. The molecule has 0 aliphatic carbocycles. The van der Waals surface area contributed by atoms with E-state index in [0.29, 0.717) is 13.0 Å². The van der Waals surface area contributed by atoms with Crippen LogP contribution in [-0.4, -0.2) is 5.97 Å². The first-order chi connectivity index (χ1) is 10.4. The number of aryl methyl sites for hydroxylation is 1. The van der Waals surface area contributed by atoms with Crippen LogP contribution in [0.3, 0.4) is 0 Å². The van der Waals surface area contributed by atoms with Crippen LogP contribution in [0.2, 0.25) is 0 Å². The summed E-state index contributed by atoms with van der Waals surface area (Å²) in [5.74, 6) is -0.149. The zero-order valence-corrected chi connectivity index (χ0v) is 13.6. The summed E-state index contributed by atoms with van der Waals surface area (Å²) in [6.07, 6.45) is 1.14. The van der Waals surface area contributed by atoms with Crippen molar-refractivity contribution in [3.63, 3.8) is 0 Å². The van der Waals surface area contributed by atoms with Crippen molar-refractivity contribution in [2.45, 2.75) is 45.6 Å². The van der Waals surface area contributed by atoms with Crippen molar-refractivity contribution < 1.29 is 9.53 Å². The maximum atomic E-state index is 11.8. The highest BCUT2D eigenvalue weighted by atomic mass is 16.5. The number of carbonyl (C=O) groups excluding carboxylic acids is 1. The average molecular weight is 296 g/mol. The van der Waals surface area contributed by atoms with Gasteiger partial charge in [0, 0.05) is 6.42 Å². The molecule has 0 saturated carbocycles. The smallest absolute Gasteiger partial charge is 0.306 e. The first-order valence-corrected chi connectivity index (χ1v) is 7.74. The van der Waals surface area contributed by atoms with Gasteiger partial charge in [-0.1, -0.05) is 75.4 Å². The number of carbonyl (C=O) groups is 1. The lowest BCUT2D eigenvalue weighted by Gasteiger charge is -2.19. The Balaban J connectivity index is 1.79. The quantitative estimate of drug-likeness (QED) is 0.750. The molecule has 0 heterocycles. The molecule has 2 aromatic rings. The van der Waals surface area contributed by atoms with Crippen LogP contribution in [0.15, 0.2) is 54.6 Å². The van der Waals surface area contributed by atoms with Gasteiger partial charge in [-0.15, -0.1) is 0 Å². The van der Waals surface area contributed by atoms with Gasteiger partial charge in [0.25, 0.3) is 0 Å². The molecular weight excluding hydrogens is 272 g/mol. The van der Waals surface area contributed by atoms with E-state index in [1.54, 1.807) is 0 Å². The zero-order chi connectivity index (χ0) is 16.0. The van der Waals surface area contributed by atoms with Crippen molar-refractivity contribution in [1.29, 1.82) is 0 Å². The van der Waals surface area contributed by atoms with Gasteiger partial charge in [-0.25, -0.2) is 0 Å². The SMILES string of the molecule is CC(C)(C)c1ccc(CCC(=O)OCc2ccccc2)cc1. The Hall–Kier alpha value is -2.09. The molecule has 0 N–H and O–H groups in total. The van der Waals surface area contributed by atoms with Crippen molar-refractivity contribution in [2.75, 3.05) is 0 Å². The number of benzene rings is 2. The van der Waals surface area contributed by atoms with E-state index in [0.717, 1.165) is 12.0 Å². The molecule has 2 rings (SSSR count). The molecule has 0 bridgehead atoms. The van der Waals surface area contributed by atoms with E-state index in [1.807, 2.05) is 30.3 Å². The zero-order valence-electron chi connectivity index (χ0n) is 13.6. The maximum Gasteiger partial charge on any atom is 0.306 e. The minimum atomic E-state index is -0.149. The third kappa shape index (κ3) is 5.03. The Bertz CT molecular complexity index is 592. The molecule has 2 aromatic carbocycles. The van der Waals surface area contributed by atoms with Crippen LogP contribution in [-0.2, 0) is 28.0 Å². The van der Waals surface area contributed by atoms with Gasteiger partial charge in [0.2, 0.25) is 0 Å². The summed E-state index contributed by atoms with van der Waals surface area (Å²) < 4.78 is 5.29. The number of hydrogen-bond donors (Lipinski definition) is 0. The highest BCUT2D eigenvalue weighted by Crippen LogP contribution is 2.22. The molecule has 0 unspecified atom stereocenters. The van der Waals surface area contributed by atoms with E-state index in [4.69, 9.17) is 4.74 Å². The molecule has 0 aliphatic rings. The van der Waals surface area contributed by atoms with Gasteiger partial charge in [0.15, 0.2) is 0 Å². The predicted octanol–water partition coefficient (Wildman–Crippen LogP) is 4.66. The first kappa shape index (κ1) is 16.3. The summed E-state index contributed by atoms with van der Waals surface area (Å²) in [5, 5.41) is 0. The normalized spacial score (nSPS) is 11.2. The van der Waals surface area contributed by atoms with Gasteiger partial charge in [-0.2, -0.15) is 0 Å². The molecule has 0 spiro atoms. The van der Waals surface area contributed by atoms with Crippen LogP contribution in [0.1, 0.15) is 43.9 Å². The molecule has 0 aliphatic heterocycles. The Morgan fingerprint density at radius 2 is 1.55 bits per heavy atom. The van der Waals surface area contributed by atoms with Crippen molar-refractivity contribution in [1.82, 2.24) is 0 Å². The third-order valence-electron chi connectivity index (χ3n) is 3.68. The fraction of sp³-hybridized carbons (Fsp3) is 0.350. The number of esters is 1. The lowest BCUT2D eigenvalue weighted by molar-refractivity contribution is -0.144. The van der Waals surface area contributed by atoms with Gasteiger partial charge < -0.3 is 4.74 Å². The van der Waals surface area contributed by atoms with E-state index in [-0.39, 0.29) is 11.4 Å². The molecule has 2 heteroatoms. The molecule has 0 atom stereocenters. The van der Waals surface area contributed by atoms with Gasteiger partial charge in [-0.3, -0.25) is 4.79 Å². The van der Waals surface area contributed by atoms with Gasteiger partial charge in [-0.05, 0) is 28.5 Å². The molecule has 0 aromatic heterocycles. The second-order valence-corrected chi connectivity index (χ2v) is 6.59. The molecular formula is C20H24O2. The van der Waals surface area contributed by atoms with Crippen molar-refractivity contribution in [2.24, 2.45) is 0 Å². The summed E-state index contributed by atoms with van der Waals surface area (Å²) in [6.45, 7) is 6.94. The fourth-order valence-electron chi connectivity index (χ4n) is 2.23. The van der Waals surface area contributed by atoms with Crippen LogP contribution < -0.4 is 0 Å². The Labute approximate surface area is 133 Å². The highest BCUT2D eigenvalue weighted by molar-refractivity contribution is 5.69. The molecule has 0 amide bonds. The standard InChI is InChI=1S/C20H24O2/c1-20(2,3)18-12-9-16(10-13-18)11-14-19(21)22-15-17-7-5-4-6-8-17/h4-10,12-13H,11,14-15H2,1-3H3. The van der Waals surface area contributed by atoms with Crippen molar-refractivity contribution >= 4 is 5.97 Å². The van der Waals surface area contributed by atoms with E-state index < -0.39 is 0 Å². The molecule has 116 valence electrons. The number of hydrogen-bond acceptors (Lipinski definition) is 2. The van der Waals surface area contributed by atoms with Gasteiger partial charge in [0.1, 0.15) is 6.61 Å². The maximum absolute atomic E-state index is 11.8. The lowest BCUT2D eigenvalue weighted by atomic mass is 9.86. The number of rotatable bonds is 5. The lowest BCUT2D eigenvalue weighted by Crippen LogP contribution is -2.11. The topological polar surface area (TPSA) is 26.3 Å². The van der Waals surface area contributed by atoms with Crippen LogP contribution in [0.5, 0.6) is 0 Å². The minimum absolute atomic E-state index is 0.149. The Morgan fingerprint density at radius 1 is 0.909 bits per heavy atom. The van der Waals surface area contributed by atoms with E-state index >= 15 is 0 Å². The summed E-state index contributed by atoms with van der Waals surface area (Å²) >= 11 is 0. The summed E-state index contributed by atoms with van der Waals surface area (Å²) in [4.78, 5) is 11.8. The third-order valence-corrected chi connectivity index (χ3v) is 3.68. The minimum Gasteiger partial charge on any atom is -0.461 e. The average Bonchev–Trinajstić information content (AvgIpc) is 2.51. The predicted molar refractivity (Wildman–Crippen MR) is 89.7 cm³/mol. The van der Waals surface area contributed by atoms with Crippen LogP contribution in [0.4, 0.5) is 0 Å². The summed E-state index contributed by atoms with van der Waals surface area (Å²) in [7, 11) is 0. The van der Waals surface area contributed by atoms with Gasteiger partial charge >= 0.3 is 5.97 Å². The van der Waals surface area contributed by atoms with Crippen molar-refractivity contribution in [3.05, 3.63) is 71.3 Å². The largest absolute Gasteiger partial charge is 0.461 e. The first-order valence-electron chi connectivity index (χ1n) is 7.74.